The molecule has 0 bridgehead atoms. The quantitative estimate of drug-likeness (QED) is 0.803. The van der Waals surface area contributed by atoms with Crippen LogP contribution in [0.15, 0.2) is 42.5 Å². The molecule has 2 aromatic rings. The predicted molar refractivity (Wildman–Crippen MR) is 99.3 cm³/mol. The Morgan fingerprint density at radius 1 is 1.00 bits per heavy atom. The summed E-state index contributed by atoms with van der Waals surface area (Å²) in [6.07, 6.45) is 0. The second-order valence-corrected chi connectivity index (χ2v) is 6.09. The number of hydrogen-bond acceptors (Lipinski definition) is 2. The van der Waals surface area contributed by atoms with Crippen molar-refractivity contribution in [2.45, 2.75) is 39.7 Å². The number of nitrogen functional groups attached to an aromatic ring is 1. The molecule has 0 fully saturated rings. The second-order valence-electron chi connectivity index (χ2n) is 6.09. The first-order valence-corrected chi connectivity index (χ1v) is 7.65. The molecule has 3 nitrogen and oxygen atoms in total. The molecule has 0 heterocycles. The summed E-state index contributed by atoms with van der Waals surface area (Å²) in [5.41, 5.74) is 10.3. The van der Waals surface area contributed by atoms with Gasteiger partial charge >= 0.3 is 0 Å². The van der Waals surface area contributed by atoms with Crippen molar-refractivity contribution >= 4 is 24.0 Å². The van der Waals surface area contributed by atoms with Crippen LogP contribution in [0.25, 0.3) is 0 Å². The number of anilines is 1. The van der Waals surface area contributed by atoms with Gasteiger partial charge in [0.2, 0.25) is 0 Å². The Balaban J connectivity index is 0.00000264. The standard InChI is InChI=1S/C19H24N2O.ClH/c1-12(2)15-6-8-16(9-7-15)14(4)21-19(22)18-11-17(20)10-5-13(18)3;/h5-12,14H,20H2,1-4H3,(H,21,22);1H. The van der Waals surface area contributed by atoms with Gasteiger partial charge in [-0.05, 0) is 48.6 Å². The molecule has 0 aliphatic rings. The van der Waals surface area contributed by atoms with Crippen molar-refractivity contribution in [3.63, 3.8) is 0 Å². The summed E-state index contributed by atoms with van der Waals surface area (Å²) in [5, 5.41) is 3.03. The lowest BCUT2D eigenvalue weighted by molar-refractivity contribution is 0.0939. The highest BCUT2D eigenvalue weighted by molar-refractivity contribution is 5.96. The predicted octanol–water partition coefficient (Wildman–Crippen LogP) is 4.61. The molecule has 4 heteroatoms. The zero-order valence-corrected chi connectivity index (χ0v) is 14.9. The van der Waals surface area contributed by atoms with E-state index in [4.69, 9.17) is 5.73 Å². The van der Waals surface area contributed by atoms with Gasteiger partial charge in [-0.25, -0.2) is 0 Å². The number of nitrogens with two attached hydrogens (primary N) is 1. The molecule has 0 aliphatic heterocycles. The molecule has 23 heavy (non-hydrogen) atoms. The summed E-state index contributed by atoms with van der Waals surface area (Å²) in [6.45, 7) is 8.24. The van der Waals surface area contributed by atoms with Gasteiger partial charge in [-0.15, -0.1) is 12.4 Å². The maximum absolute atomic E-state index is 12.4. The minimum Gasteiger partial charge on any atom is -0.399 e. The lowest BCUT2D eigenvalue weighted by atomic mass is 9.99. The van der Waals surface area contributed by atoms with Crippen LogP contribution in [0.2, 0.25) is 0 Å². The Bertz CT molecular complexity index is 666. The minimum atomic E-state index is -0.0924. The van der Waals surface area contributed by atoms with Gasteiger partial charge in [0.05, 0.1) is 6.04 Å². The highest BCUT2D eigenvalue weighted by atomic mass is 35.5. The van der Waals surface area contributed by atoms with Crippen molar-refractivity contribution < 1.29 is 4.79 Å². The van der Waals surface area contributed by atoms with Gasteiger partial charge in [0.25, 0.3) is 5.91 Å². The molecule has 0 saturated heterocycles. The highest BCUT2D eigenvalue weighted by Gasteiger charge is 2.14. The average Bonchev–Trinajstić information content (AvgIpc) is 2.49. The van der Waals surface area contributed by atoms with E-state index in [-0.39, 0.29) is 24.4 Å². The van der Waals surface area contributed by atoms with Gasteiger partial charge in [0, 0.05) is 11.3 Å². The smallest absolute Gasteiger partial charge is 0.252 e. The minimum absolute atomic E-state index is 0. The molecule has 1 amide bonds. The monoisotopic (exact) mass is 332 g/mol. The number of aryl methyl sites for hydroxylation is 1. The molecule has 1 unspecified atom stereocenters. The molecule has 0 radical (unpaired) electrons. The largest absolute Gasteiger partial charge is 0.399 e. The molecule has 0 aromatic heterocycles. The molecule has 0 saturated carbocycles. The molecule has 3 N–H and O–H groups in total. The Morgan fingerprint density at radius 3 is 2.13 bits per heavy atom. The molecular weight excluding hydrogens is 308 g/mol. The number of carbonyl (C=O) groups excluding carboxylic acids is 1. The van der Waals surface area contributed by atoms with Crippen molar-refractivity contribution in [1.29, 1.82) is 0 Å². The third-order valence-electron chi connectivity index (χ3n) is 3.96. The summed E-state index contributed by atoms with van der Waals surface area (Å²) in [5.74, 6) is 0.416. The maximum atomic E-state index is 12.4. The Hall–Kier alpha value is -2.00. The summed E-state index contributed by atoms with van der Waals surface area (Å²) < 4.78 is 0. The van der Waals surface area contributed by atoms with Crippen molar-refractivity contribution in [3.8, 4) is 0 Å². The number of rotatable bonds is 4. The molecule has 1 atom stereocenters. The first kappa shape index (κ1) is 19.0. The summed E-state index contributed by atoms with van der Waals surface area (Å²) in [4.78, 5) is 12.4. The Labute approximate surface area is 144 Å². The lowest BCUT2D eigenvalue weighted by Crippen LogP contribution is -2.27. The Morgan fingerprint density at radius 2 is 1.57 bits per heavy atom. The van der Waals surface area contributed by atoms with E-state index in [0.29, 0.717) is 17.2 Å². The van der Waals surface area contributed by atoms with Crippen LogP contribution in [0.5, 0.6) is 0 Å². The molecule has 0 aliphatic carbocycles. The van der Waals surface area contributed by atoms with Crippen LogP contribution in [-0.2, 0) is 0 Å². The van der Waals surface area contributed by atoms with Crippen molar-refractivity contribution in [3.05, 3.63) is 64.7 Å². The van der Waals surface area contributed by atoms with E-state index in [2.05, 4.69) is 43.4 Å². The fourth-order valence-corrected chi connectivity index (χ4v) is 2.41. The third-order valence-corrected chi connectivity index (χ3v) is 3.96. The Kier molecular flexibility index (Phi) is 6.64. The number of benzene rings is 2. The van der Waals surface area contributed by atoms with Crippen molar-refractivity contribution in [2.75, 3.05) is 5.73 Å². The number of amides is 1. The van der Waals surface area contributed by atoms with Gasteiger partial charge in [-0.2, -0.15) is 0 Å². The van der Waals surface area contributed by atoms with E-state index in [0.717, 1.165) is 11.1 Å². The van der Waals surface area contributed by atoms with Gasteiger partial charge in [-0.1, -0.05) is 44.2 Å². The van der Waals surface area contributed by atoms with Gasteiger partial charge < -0.3 is 11.1 Å². The van der Waals surface area contributed by atoms with Crippen LogP contribution in [0.1, 0.15) is 59.8 Å². The molecule has 2 aromatic carbocycles. The van der Waals surface area contributed by atoms with Crippen LogP contribution >= 0.6 is 12.4 Å². The normalized spacial score (nSPS) is 11.7. The molecule has 0 spiro atoms. The summed E-state index contributed by atoms with van der Waals surface area (Å²) in [6, 6.07) is 13.7. The maximum Gasteiger partial charge on any atom is 0.252 e. The van der Waals surface area contributed by atoms with Crippen LogP contribution in [0.4, 0.5) is 5.69 Å². The SMILES string of the molecule is Cc1ccc(N)cc1C(=O)NC(C)c1ccc(C(C)C)cc1.Cl. The van der Waals surface area contributed by atoms with E-state index in [1.54, 1.807) is 12.1 Å². The van der Waals surface area contributed by atoms with Crippen LogP contribution < -0.4 is 11.1 Å². The molecule has 2 rings (SSSR count). The number of nitrogens with one attached hydrogen (secondary N) is 1. The fraction of sp³-hybridized carbons (Fsp3) is 0.316. The summed E-state index contributed by atoms with van der Waals surface area (Å²) >= 11 is 0. The topological polar surface area (TPSA) is 55.1 Å². The van der Waals surface area contributed by atoms with Crippen molar-refractivity contribution in [1.82, 2.24) is 5.32 Å². The zero-order valence-electron chi connectivity index (χ0n) is 14.1. The number of hydrogen-bond donors (Lipinski definition) is 2. The van der Waals surface area contributed by atoms with Crippen molar-refractivity contribution in [2.24, 2.45) is 0 Å². The summed E-state index contributed by atoms with van der Waals surface area (Å²) in [7, 11) is 0. The number of carbonyl (C=O) groups is 1. The fourth-order valence-electron chi connectivity index (χ4n) is 2.41. The van der Waals surface area contributed by atoms with Gasteiger partial charge in [-0.3, -0.25) is 4.79 Å². The lowest BCUT2D eigenvalue weighted by Gasteiger charge is -2.16. The van der Waals surface area contributed by atoms with Crippen LogP contribution in [0.3, 0.4) is 0 Å². The first-order valence-electron chi connectivity index (χ1n) is 7.65. The average molecular weight is 333 g/mol. The third kappa shape index (κ3) is 4.73. The zero-order chi connectivity index (χ0) is 16.3. The van der Waals surface area contributed by atoms with E-state index in [1.165, 1.54) is 5.56 Å². The van der Waals surface area contributed by atoms with Gasteiger partial charge in [0.1, 0.15) is 0 Å². The van der Waals surface area contributed by atoms with E-state index in [1.807, 2.05) is 19.9 Å². The van der Waals surface area contributed by atoms with E-state index in [9.17, 15) is 4.79 Å². The molecular formula is C19H25ClN2O. The second kappa shape index (κ2) is 8.02. The van der Waals surface area contributed by atoms with E-state index >= 15 is 0 Å². The van der Waals surface area contributed by atoms with Crippen LogP contribution in [0, 0.1) is 6.92 Å². The van der Waals surface area contributed by atoms with Crippen LogP contribution in [-0.4, -0.2) is 5.91 Å². The number of halogens is 1. The van der Waals surface area contributed by atoms with E-state index < -0.39 is 0 Å². The molecule has 124 valence electrons. The first-order chi connectivity index (χ1) is 10.4. The highest BCUT2D eigenvalue weighted by Crippen LogP contribution is 2.20. The van der Waals surface area contributed by atoms with Gasteiger partial charge in [0.15, 0.2) is 0 Å².